The number of hydrogen-bond donors (Lipinski definition) is 1. The minimum absolute atomic E-state index is 0.372. The number of halogens is 3. The van der Waals surface area contributed by atoms with Crippen molar-refractivity contribution in [1.29, 1.82) is 0 Å². The summed E-state index contributed by atoms with van der Waals surface area (Å²) in [4.78, 5) is 25.6. The second-order valence-corrected chi connectivity index (χ2v) is 8.43. The van der Waals surface area contributed by atoms with E-state index in [2.05, 4.69) is 10.4 Å². The van der Waals surface area contributed by atoms with E-state index < -0.39 is 21.7 Å². The molecule has 1 N–H and O–H groups in total. The van der Waals surface area contributed by atoms with Gasteiger partial charge in [0.05, 0.1) is 17.4 Å². The van der Waals surface area contributed by atoms with Crippen LogP contribution in [0.3, 0.4) is 0 Å². The highest BCUT2D eigenvalue weighted by Crippen LogP contribution is 2.38. The fourth-order valence-electron chi connectivity index (χ4n) is 2.89. The quantitative estimate of drug-likeness (QED) is 0.748. The van der Waals surface area contributed by atoms with Gasteiger partial charge in [0.25, 0.3) is 11.8 Å². The lowest BCUT2D eigenvalue weighted by Gasteiger charge is -2.30. The summed E-state index contributed by atoms with van der Waals surface area (Å²) in [7, 11) is 0. The number of para-hydroxylation sites is 1. The predicted molar refractivity (Wildman–Crippen MR) is 109 cm³/mol. The first-order valence-electron chi connectivity index (χ1n) is 8.16. The summed E-state index contributed by atoms with van der Waals surface area (Å²) < 4.78 is -1.91. The minimum atomic E-state index is -1.91. The Bertz CT molecular complexity index is 867. The number of nitrogens with zero attached hydrogens (tertiary/aromatic N) is 2. The Kier molecular flexibility index (Phi) is 5.75. The summed E-state index contributed by atoms with van der Waals surface area (Å²) >= 11 is 18.4. The van der Waals surface area contributed by atoms with Crippen molar-refractivity contribution < 1.29 is 9.59 Å². The Morgan fingerprint density at radius 2 is 1.63 bits per heavy atom. The standard InChI is InChI=1S/C19H16Cl3N3O2/c1-12-15(18(27)25(24-12)14-10-6-3-7-11-14)16(19(20,21)22)23-17(26)13-8-4-2-5-9-13/h2-11,15-16H,1H3,(H,23,26)/t15-,16-/m0/s1. The third-order valence-corrected chi connectivity index (χ3v) is 4.90. The van der Waals surface area contributed by atoms with Gasteiger partial charge in [0.2, 0.25) is 3.79 Å². The number of benzene rings is 2. The lowest BCUT2D eigenvalue weighted by molar-refractivity contribution is -0.120. The zero-order valence-electron chi connectivity index (χ0n) is 14.3. The molecule has 140 valence electrons. The number of rotatable bonds is 4. The molecule has 0 radical (unpaired) electrons. The summed E-state index contributed by atoms with van der Waals surface area (Å²) in [6.07, 6.45) is 0. The SMILES string of the molecule is CC1=NN(c2ccccc2)C(=O)[C@@H]1[C@H](NC(=O)c1ccccc1)C(Cl)(Cl)Cl. The minimum Gasteiger partial charge on any atom is -0.344 e. The summed E-state index contributed by atoms with van der Waals surface area (Å²) in [5.74, 6) is -1.71. The molecule has 5 nitrogen and oxygen atoms in total. The molecule has 2 atom stereocenters. The Balaban J connectivity index is 1.89. The number of hydrazone groups is 1. The molecular weight excluding hydrogens is 409 g/mol. The number of anilines is 1. The third-order valence-electron chi connectivity index (χ3n) is 4.19. The number of alkyl halides is 3. The normalized spacial score (nSPS) is 18.2. The largest absolute Gasteiger partial charge is 0.344 e. The van der Waals surface area contributed by atoms with Crippen LogP contribution in [0.2, 0.25) is 0 Å². The van der Waals surface area contributed by atoms with Crippen LogP contribution in [-0.2, 0) is 4.79 Å². The highest BCUT2D eigenvalue weighted by atomic mass is 35.6. The number of hydrogen-bond acceptors (Lipinski definition) is 3. The Morgan fingerprint density at radius 1 is 1.07 bits per heavy atom. The highest BCUT2D eigenvalue weighted by molar-refractivity contribution is 6.68. The summed E-state index contributed by atoms with van der Waals surface area (Å²) in [5.41, 5.74) is 1.45. The molecule has 8 heteroatoms. The Labute approximate surface area is 171 Å². The molecule has 0 saturated heterocycles. The molecule has 0 unspecified atom stereocenters. The molecule has 1 aliphatic heterocycles. The van der Waals surface area contributed by atoms with Gasteiger partial charge in [0.15, 0.2) is 0 Å². The first kappa shape index (κ1) is 19.7. The van der Waals surface area contributed by atoms with Crippen LogP contribution in [0.4, 0.5) is 5.69 Å². The topological polar surface area (TPSA) is 61.8 Å². The molecule has 2 amide bonds. The average Bonchev–Trinajstić information content (AvgIpc) is 2.94. The Hall–Kier alpha value is -2.08. The van der Waals surface area contributed by atoms with Gasteiger partial charge in [0.1, 0.15) is 5.92 Å². The van der Waals surface area contributed by atoms with Crippen LogP contribution < -0.4 is 10.3 Å². The van der Waals surface area contributed by atoms with Crippen LogP contribution in [0, 0.1) is 5.92 Å². The van der Waals surface area contributed by atoms with Gasteiger partial charge in [0, 0.05) is 5.56 Å². The number of nitrogens with one attached hydrogen (secondary N) is 1. The number of amides is 2. The van der Waals surface area contributed by atoms with E-state index in [-0.39, 0.29) is 5.91 Å². The monoisotopic (exact) mass is 423 g/mol. The van der Waals surface area contributed by atoms with E-state index in [0.717, 1.165) is 0 Å². The zero-order valence-corrected chi connectivity index (χ0v) is 16.5. The lowest BCUT2D eigenvalue weighted by Crippen LogP contribution is -2.53. The molecule has 0 aliphatic carbocycles. The number of carbonyl (C=O) groups is 2. The van der Waals surface area contributed by atoms with Crippen molar-refractivity contribution in [2.24, 2.45) is 11.0 Å². The lowest BCUT2D eigenvalue weighted by atomic mass is 9.95. The van der Waals surface area contributed by atoms with Crippen molar-refractivity contribution in [3.63, 3.8) is 0 Å². The maximum Gasteiger partial charge on any atom is 0.258 e. The molecule has 0 aromatic heterocycles. The van der Waals surface area contributed by atoms with Gasteiger partial charge < -0.3 is 5.32 Å². The van der Waals surface area contributed by atoms with Crippen LogP contribution in [0.25, 0.3) is 0 Å². The van der Waals surface area contributed by atoms with E-state index in [0.29, 0.717) is 17.0 Å². The second kappa shape index (κ2) is 7.89. The van der Waals surface area contributed by atoms with Crippen LogP contribution in [-0.4, -0.2) is 27.4 Å². The van der Waals surface area contributed by atoms with Crippen molar-refractivity contribution >= 4 is 58.0 Å². The average molecular weight is 425 g/mol. The fourth-order valence-corrected chi connectivity index (χ4v) is 3.43. The van der Waals surface area contributed by atoms with Crippen molar-refractivity contribution in [1.82, 2.24) is 5.32 Å². The molecule has 1 aliphatic rings. The van der Waals surface area contributed by atoms with E-state index >= 15 is 0 Å². The molecule has 2 aromatic rings. The van der Waals surface area contributed by atoms with E-state index in [1.165, 1.54) is 5.01 Å². The van der Waals surface area contributed by atoms with Gasteiger partial charge in [-0.25, -0.2) is 5.01 Å². The molecule has 0 saturated carbocycles. The second-order valence-electron chi connectivity index (χ2n) is 6.06. The van der Waals surface area contributed by atoms with Crippen LogP contribution >= 0.6 is 34.8 Å². The third kappa shape index (κ3) is 4.26. The van der Waals surface area contributed by atoms with Crippen LogP contribution in [0.1, 0.15) is 17.3 Å². The molecule has 1 heterocycles. The molecular formula is C19H16Cl3N3O2. The molecule has 0 spiro atoms. The smallest absolute Gasteiger partial charge is 0.258 e. The first-order chi connectivity index (χ1) is 12.8. The summed E-state index contributed by atoms with van der Waals surface area (Å²) in [5, 5.41) is 8.26. The van der Waals surface area contributed by atoms with Crippen molar-refractivity contribution in [3.05, 3.63) is 66.2 Å². The predicted octanol–water partition coefficient (Wildman–Crippen LogP) is 4.19. The Morgan fingerprint density at radius 3 is 2.19 bits per heavy atom. The van der Waals surface area contributed by atoms with E-state index in [9.17, 15) is 9.59 Å². The van der Waals surface area contributed by atoms with E-state index in [1.807, 2.05) is 6.07 Å². The van der Waals surface area contributed by atoms with E-state index in [4.69, 9.17) is 34.8 Å². The van der Waals surface area contributed by atoms with Gasteiger partial charge in [-0.3, -0.25) is 9.59 Å². The van der Waals surface area contributed by atoms with Crippen molar-refractivity contribution in [2.75, 3.05) is 5.01 Å². The van der Waals surface area contributed by atoms with Gasteiger partial charge in [-0.05, 0) is 31.2 Å². The molecule has 3 rings (SSSR count). The van der Waals surface area contributed by atoms with Crippen LogP contribution in [0.15, 0.2) is 65.8 Å². The van der Waals surface area contributed by atoms with E-state index in [1.54, 1.807) is 61.5 Å². The van der Waals surface area contributed by atoms with Gasteiger partial charge >= 0.3 is 0 Å². The summed E-state index contributed by atoms with van der Waals surface area (Å²) in [6.45, 7) is 1.67. The zero-order chi connectivity index (χ0) is 19.6. The highest BCUT2D eigenvalue weighted by Gasteiger charge is 2.49. The first-order valence-corrected chi connectivity index (χ1v) is 9.29. The molecule has 0 fully saturated rings. The molecule has 2 aromatic carbocycles. The fraction of sp³-hybridized carbons (Fsp3) is 0.211. The van der Waals surface area contributed by atoms with Crippen molar-refractivity contribution in [3.8, 4) is 0 Å². The van der Waals surface area contributed by atoms with Crippen molar-refractivity contribution in [2.45, 2.75) is 16.8 Å². The van der Waals surface area contributed by atoms with Gasteiger partial charge in [-0.15, -0.1) is 0 Å². The molecule has 0 bridgehead atoms. The van der Waals surface area contributed by atoms with Crippen LogP contribution in [0.5, 0.6) is 0 Å². The maximum absolute atomic E-state index is 13.0. The maximum atomic E-state index is 13.0. The van der Waals surface area contributed by atoms with Gasteiger partial charge in [-0.2, -0.15) is 5.10 Å². The summed E-state index contributed by atoms with van der Waals surface area (Å²) in [6, 6.07) is 16.4. The van der Waals surface area contributed by atoms with Gasteiger partial charge in [-0.1, -0.05) is 71.2 Å². The number of carbonyl (C=O) groups excluding carboxylic acids is 2. The molecule has 27 heavy (non-hydrogen) atoms.